The van der Waals surface area contributed by atoms with Gasteiger partial charge >= 0.3 is 0 Å². The average Bonchev–Trinajstić information content (AvgIpc) is 3.22. The fourth-order valence-corrected chi connectivity index (χ4v) is 5.10. The first-order valence-corrected chi connectivity index (χ1v) is 12.1. The first-order valence-electron chi connectivity index (χ1n) is 9.04. The number of nitrogens with zero attached hydrogens (tertiary/aromatic N) is 2. The highest BCUT2D eigenvalue weighted by Gasteiger charge is 2.21. The Bertz CT molecular complexity index is 1230. The maximum Gasteiger partial charge on any atom is 0.269 e. The molecule has 1 aromatic heterocycles. The molecular formula is C19H18Cl2N4O5S2. The lowest BCUT2D eigenvalue weighted by molar-refractivity contribution is 0.102. The molecule has 0 saturated heterocycles. The van der Waals surface area contributed by atoms with Gasteiger partial charge in [0.2, 0.25) is 9.47 Å². The van der Waals surface area contributed by atoms with Crippen molar-refractivity contribution in [2.24, 2.45) is 0 Å². The molecule has 32 heavy (non-hydrogen) atoms. The molecule has 2 N–H and O–H groups in total. The Morgan fingerprint density at radius 3 is 2.50 bits per heavy atom. The van der Waals surface area contributed by atoms with E-state index in [0.717, 1.165) is 16.9 Å². The van der Waals surface area contributed by atoms with Crippen LogP contribution in [-0.4, -0.2) is 45.3 Å². The van der Waals surface area contributed by atoms with Crippen LogP contribution in [0.3, 0.4) is 0 Å². The number of ether oxygens (including phenoxy) is 2. The Morgan fingerprint density at radius 2 is 1.81 bits per heavy atom. The lowest BCUT2D eigenvalue weighted by atomic mass is 10.1. The van der Waals surface area contributed by atoms with E-state index in [1.54, 1.807) is 12.1 Å². The molecule has 1 heterocycles. The van der Waals surface area contributed by atoms with Crippen molar-refractivity contribution < 1.29 is 22.7 Å². The van der Waals surface area contributed by atoms with Crippen LogP contribution in [0.1, 0.15) is 15.9 Å². The minimum Gasteiger partial charge on any atom is -0.493 e. The van der Waals surface area contributed by atoms with E-state index in [0.29, 0.717) is 22.9 Å². The second kappa shape index (κ2) is 10.5. The SMILES string of the molecule is COc1ccc(CCNS(=O)(=O)c2nnc(NC(=O)c3ccc(Cl)cc3Cl)s2)cc1OC. The van der Waals surface area contributed by atoms with Gasteiger partial charge in [-0.1, -0.05) is 40.6 Å². The molecular weight excluding hydrogens is 499 g/mol. The first kappa shape index (κ1) is 24.2. The predicted octanol–water partition coefficient (Wildman–Crippen LogP) is 3.64. The quantitative estimate of drug-likeness (QED) is 0.416. The van der Waals surface area contributed by atoms with Crippen molar-refractivity contribution in [2.75, 3.05) is 26.1 Å². The number of rotatable bonds is 9. The lowest BCUT2D eigenvalue weighted by Crippen LogP contribution is -2.26. The summed E-state index contributed by atoms with van der Waals surface area (Å²) in [5, 5.41) is 10.4. The molecule has 9 nitrogen and oxygen atoms in total. The number of benzene rings is 2. The van der Waals surface area contributed by atoms with E-state index in [4.69, 9.17) is 32.7 Å². The molecule has 0 radical (unpaired) electrons. The van der Waals surface area contributed by atoms with Gasteiger partial charge in [0.1, 0.15) is 0 Å². The second-order valence-corrected chi connectivity index (χ2v) is 10.1. The fourth-order valence-electron chi connectivity index (χ4n) is 2.63. The highest BCUT2D eigenvalue weighted by molar-refractivity contribution is 7.91. The van der Waals surface area contributed by atoms with Gasteiger partial charge in [0.05, 0.1) is 24.8 Å². The van der Waals surface area contributed by atoms with Gasteiger partial charge in [0.25, 0.3) is 15.9 Å². The summed E-state index contributed by atoms with van der Waals surface area (Å²) >= 11 is 12.6. The Labute approximate surface area is 198 Å². The van der Waals surface area contributed by atoms with Crippen molar-refractivity contribution in [1.29, 1.82) is 0 Å². The van der Waals surface area contributed by atoms with Gasteiger partial charge in [-0.25, -0.2) is 13.1 Å². The standard InChI is InChI=1S/C19H18Cl2N4O5S2/c1-29-15-6-3-11(9-16(15)30-2)7-8-22-32(27,28)19-25-24-18(31-19)23-17(26)13-5-4-12(20)10-14(13)21/h3-6,9-10,22H,7-8H2,1-2H3,(H,23,24,26). The Hall–Kier alpha value is -2.44. The summed E-state index contributed by atoms with van der Waals surface area (Å²) in [6.45, 7) is 0.124. The maximum atomic E-state index is 12.5. The average molecular weight is 517 g/mol. The van der Waals surface area contributed by atoms with E-state index in [1.165, 1.54) is 32.4 Å². The minimum absolute atomic E-state index is 0.0151. The van der Waals surface area contributed by atoms with Crippen molar-refractivity contribution in [2.45, 2.75) is 10.8 Å². The smallest absolute Gasteiger partial charge is 0.269 e. The van der Waals surface area contributed by atoms with E-state index in [1.807, 2.05) is 6.07 Å². The van der Waals surface area contributed by atoms with E-state index in [2.05, 4.69) is 20.2 Å². The third-order valence-electron chi connectivity index (χ3n) is 4.19. The van der Waals surface area contributed by atoms with Gasteiger partial charge in [0, 0.05) is 11.6 Å². The normalized spacial score (nSPS) is 11.2. The largest absolute Gasteiger partial charge is 0.493 e. The summed E-state index contributed by atoms with van der Waals surface area (Å²) in [5.41, 5.74) is 1.03. The first-order chi connectivity index (χ1) is 15.2. The Kier molecular flexibility index (Phi) is 7.91. The molecule has 0 fully saturated rings. The number of hydrogen-bond donors (Lipinski definition) is 2. The molecule has 0 aliphatic heterocycles. The van der Waals surface area contributed by atoms with Crippen LogP contribution < -0.4 is 19.5 Å². The zero-order valence-electron chi connectivity index (χ0n) is 16.9. The number of amides is 1. The van der Waals surface area contributed by atoms with Crippen LogP contribution in [0, 0.1) is 0 Å². The summed E-state index contributed by atoms with van der Waals surface area (Å²) in [4.78, 5) is 12.3. The van der Waals surface area contributed by atoms with Crippen LogP contribution in [0.2, 0.25) is 10.0 Å². The third kappa shape index (κ3) is 5.87. The number of nitrogens with one attached hydrogen (secondary N) is 2. The molecule has 0 spiro atoms. The Morgan fingerprint density at radius 1 is 1.06 bits per heavy atom. The molecule has 13 heteroatoms. The maximum absolute atomic E-state index is 12.5. The number of aromatic nitrogens is 2. The topological polar surface area (TPSA) is 120 Å². The molecule has 170 valence electrons. The van der Waals surface area contributed by atoms with Crippen molar-refractivity contribution in [3.8, 4) is 11.5 Å². The molecule has 0 aliphatic carbocycles. The molecule has 2 aromatic carbocycles. The predicted molar refractivity (Wildman–Crippen MR) is 123 cm³/mol. The van der Waals surface area contributed by atoms with Crippen LogP contribution in [0.25, 0.3) is 0 Å². The third-order valence-corrected chi connectivity index (χ3v) is 7.40. The van der Waals surface area contributed by atoms with Gasteiger partial charge in [-0.05, 0) is 42.3 Å². The van der Waals surface area contributed by atoms with Gasteiger partial charge in [0.15, 0.2) is 11.5 Å². The van der Waals surface area contributed by atoms with Crippen LogP contribution in [0.5, 0.6) is 11.5 Å². The van der Waals surface area contributed by atoms with Gasteiger partial charge < -0.3 is 9.47 Å². The molecule has 0 saturated carbocycles. The number of carbonyl (C=O) groups excluding carboxylic acids is 1. The fraction of sp³-hybridized carbons (Fsp3) is 0.211. The zero-order valence-corrected chi connectivity index (χ0v) is 20.0. The van der Waals surface area contributed by atoms with Crippen molar-refractivity contribution in [1.82, 2.24) is 14.9 Å². The highest BCUT2D eigenvalue weighted by Crippen LogP contribution is 2.28. The number of carbonyl (C=O) groups is 1. The molecule has 0 atom stereocenters. The van der Waals surface area contributed by atoms with Gasteiger partial charge in [-0.15, -0.1) is 10.2 Å². The number of halogens is 2. The Balaban J connectivity index is 1.61. The van der Waals surface area contributed by atoms with Crippen LogP contribution in [0.4, 0.5) is 5.13 Å². The molecule has 0 aliphatic rings. The van der Waals surface area contributed by atoms with Crippen molar-refractivity contribution in [3.63, 3.8) is 0 Å². The summed E-state index contributed by atoms with van der Waals surface area (Å²) in [7, 11) is -0.847. The summed E-state index contributed by atoms with van der Waals surface area (Å²) in [6, 6.07) is 9.73. The van der Waals surface area contributed by atoms with E-state index in [-0.39, 0.29) is 26.6 Å². The summed E-state index contributed by atoms with van der Waals surface area (Å²) in [6.07, 6.45) is 0.414. The molecule has 0 unspecified atom stereocenters. The van der Waals surface area contributed by atoms with E-state index >= 15 is 0 Å². The van der Waals surface area contributed by atoms with Gasteiger partial charge in [-0.2, -0.15) is 0 Å². The minimum atomic E-state index is -3.91. The number of anilines is 1. The van der Waals surface area contributed by atoms with Crippen LogP contribution >= 0.6 is 34.5 Å². The molecule has 1 amide bonds. The van der Waals surface area contributed by atoms with E-state index < -0.39 is 15.9 Å². The number of methoxy groups -OCH3 is 2. The van der Waals surface area contributed by atoms with Crippen LogP contribution in [0.15, 0.2) is 40.7 Å². The number of hydrogen-bond acceptors (Lipinski definition) is 8. The van der Waals surface area contributed by atoms with E-state index in [9.17, 15) is 13.2 Å². The van der Waals surface area contributed by atoms with Crippen molar-refractivity contribution in [3.05, 3.63) is 57.6 Å². The number of sulfonamides is 1. The van der Waals surface area contributed by atoms with Crippen LogP contribution in [-0.2, 0) is 16.4 Å². The highest BCUT2D eigenvalue weighted by atomic mass is 35.5. The molecule has 3 rings (SSSR count). The van der Waals surface area contributed by atoms with Gasteiger partial charge in [-0.3, -0.25) is 10.1 Å². The summed E-state index contributed by atoms with van der Waals surface area (Å²) in [5.74, 6) is 0.575. The molecule has 3 aromatic rings. The summed E-state index contributed by atoms with van der Waals surface area (Å²) < 4.78 is 37.6. The van der Waals surface area contributed by atoms with Crippen molar-refractivity contribution >= 4 is 55.6 Å². The second-order valence-electron chi connectivity index (χ2n) is 6.29. The molecule has 0 bridgehead atoms. The lowest BCUT2D eigenvalue weighted by Gasteiger charge is -2.09. The zero-order chi connectivity index (χ0) is 23.3. The monoisotopic (exact) mass is 516 g/mol.